The highest BCUT2D eigenvalue weighted by Gasteiger charge is 2.59. The van der Waals surface area contributed by atoms with Crippen LogP contribution in [-0.4, -0.2) is 113 Å². The van der Waals surface area contributed by atoms with Gasteiger partial charge in [-0.15, -0.1) is 0 Å². The fraction of sp³-hybridized carbons (Fsp3) is 0.780. The van der Waals surface area contributed by atoms with Crippen molar-refractivity contribution in [3.05, 3.63) is 30.3 Å². The number of esters is 2. The van der Waals surface area contributed by atoms with Crippen molar-refractivity contribution >= 4 is 17.7 Å². The van der Waals surface area contributed by atoms with E-state index in [9.17, 15) is 24.6 Å². The van der Waals surface area contributed by atoms with Crippen LogP contribution in [0.2, 0.25) is 0 Å². The molecule has 14 nitrogen and oxygen atoms in total. The molecule has 0 amide bonds. The number of benzene rings is 1. The van der Waals surface area contributed by atoms with Gasteiger partial charge in [0.25, 0.3) is 0 Å². The van der Waals surface area contributed by atoms with Crippen molar-refractivity contribution in [1.82, 2.24) is 0 Å². The number of aliphatic hydroxyl groups is 2. The third-order valence-corrected chi connectivity index (χ3v) is 12.5. The summed E-state index contributed by atoms with van der Waals surface area (Å²) in [4.78, 5) is 37.9. The average molecular weight is 779 g/mol. The van der Waals surface area contributed by atoms with E-state index >= 15 is 0 Å². The van der Waals surface area contributed by atoms with E-state index in [0.717, 1.165) is 0 Å². The van der Waals surface area contributed by atoms with Gasteiger partial charge in [-0.3, -0.25) is 9.59 Å². The van der Waals surface area contributed by atoms with Gasteiger partial charge in [0.05, 0.1) is 30.5 Å². The van der Waals surface area contributed by atoms with Crippen LogP contribution in [0.5, 0.6) is 5.75 Å². The number of carbonyl (C=O) groups excluding carboxylic acids is 3. The maximum Gasteiger partial charge on any atom is 0.343 e. The van der Waals surface area contributed by atoms with Gasteiger partial charge in [0.2, 0.25) is 0 Å². The quantitative estimate of drug-likeness (QED) is 0.256. The summed E-state index contributed by atoms with van der Waals surface area (Å²) in [5.41, 5.74) is -2.03. The van der Waals surface area contributed by atoms with Gasteiger partial charge < -0.3 is 52.8 Å². The van der Waals surface area contributed by atoms with Crippen LogP contribution in [0.1, 0.15) is 83.1 Å². The smallest absolute Gasteiger partial charge is 0.343 e. The molecule has 5 rings (SSSR count). The maximum absolute atomic E-state index is 13.3. The lowest BCUT2D eigenvalue weighted by Crippen LogP contribution is -2.69. The van der Waals surface area contributed by atoms with Crippen molar-refractivity contribution in [2.24, 2.45) is 35.5 Å². The number of ketones is 1. The van der Waals surface area contributed by atoms with Crippen molar-refractivity contribution < 1.29 is 67.2 Å². The first-order chi connectivity index (χ1) is 25.7. The average Bonchev–Trinajstić information content (AvgIpc) is 3.12. The van der Waals surface area contributed by atoms with Gasteiger partial charge in [0.15, 0.2) is 36.9 Å². The third-order valence-electron chi connectivity index (χ3n) is 12.5. The van der Waals surface area contributed by atoms with Gasteiger partial charge in [0.1, 0.15) is 29.7 Å². The molecule has 8 unspecified atom stereocenters. The summed E-state index contributed by atoms with van der Waals surface area (Å²) in [6, 6.07) is 8.40. The van der Waals surface area contributed by atoms with Crippen LogP contribution in [0.15, 0.2) is 30.3 Å². The highest BCUT2D eigenvalue weighted by molar-refractivity contribution is 5.81. The summed E-state index contributed by atoms with van der Waals surface area (Å²) < 4.78 is 55.6. The minimum atomic E-state index is -2.03. The molecule has 20 atom stereocenters. The maximum atomic E-state index is 13.3. The largest absolute Gasteiger partial charge is 0.456 e. The van der Waals surface area contributed by atoms with Crippen LogP contribution in [0.25, 0.3) is 0 Å². The first kappa shape index (κ1) is 43.6. The SMILES string of the molecule is CC(=O)O[C@@H]1C(O[C@@H]2OC(C)[C@@H](O[C@@H]3OC(C)[C@@H](O[C@@H]4OC(C(C)=O)[C@H](C)[C@H](C)C4C)[C@H](O)C3C)[C@H](C)C2C)[C@H](C)OC(C(=O)Oc2ccccc2)[C@@]1(C)O. The van der Waals surface area contributed by atoms with Gasteiger partial charge in [-0.2, -0.15) is 0 Å². The second kappa shape index (κ2) is 17.5. The summed E-state index contributed by atoms with van der Waals surface area (Å²) in [5, 5.41) is 23.3. The van der Waals surface area contributed by atoms with E-state index in [-0.39, 0.29) is 41.1 Å². The van der Waals surface area contributed by atoms with Crippen molar-refractivity contribution in [3.63, 3.8) is 0 Å². The monoisotopic (exact) mass is 778 g/mol. The van der Waals surface area contributed by atoms with Crippen molar-refractivity contribution in [1.29, 1.82) is 0 Å². The van der Waals surface area contributed by atoms with Crippen LogP contribution >= 0.6 is 0 Å². The molecule has 0 spiro atoms. The Morgan fingerprint density at radius 2 is 1.15 bits per heavy atom. The standard InChI is InChI=1S/C41H62O14/c1-18-19(2)31(24(7)42)52-39(21(18)4)54-33-26(9)49-40(23(6)30(33)44)53-32-20(3)22(5)38(48-25(32)8)55-34-27(10)47-36(41(12,46)35(34)50-28(11)43)37(45)51-29-16-14-13-15-17-29/h13-23,25-27,30-36,38-40,44,46H,1-12H3/t18-,19+,20+,21?,22?,23?,25?,26?,27-,30+,31?,32-,33+,34?,35+,36?,38-,39-,40-,41-/m0/s1. The van der Waals surface area contributed by atoms with Crippen molar-refractivity contribution in [3.8, 4) is 5.75 Å². The number of para-hydroxylation sites is 1. The van der Waals surface area contributed by atoms with Gasteiger partial charge >= 0.3 is 11.9 Å². The van der Waals surface area contributed by atoms with Crippen molar-refractivity contribution in [2.75, 3.05) is 0 Å². The molecular formula is C41H62O14. The lowest BCUT2D eigenvalue weighted by molar-refractivity contribution is -0.360. The highest BCUT2D eigenvalue weighted by Crippen LogP contribution is 2.42. The van der Waals surface area contributed by atoms with E-state index in [1.165, 1.54) is 20.8 Å². The molecule has 0 saturated carbocycles. The van der Waals surface area contributed by atoms with Crippen molar-refractivity contribution in [2.45, 2.75) is 169 Å². The molecule has 4 heterocycles. The Kier molecular flexibility index (Phi) is 13.9. The zero-order valence-electron chi connectivity index (χ0n) is 34.1. The van der Waals surface area contributed by atoms with Gasteiger partial charge in [-0.1, -0.05) is 59.7 Å². The predicted molar refractivity (Wildman–Crippen MR) is 196 cm³/mol. The Bertz CT molecular complexity index is 1470. The highest BCUT2D eigenvalue weighted by atomic mass is 16.7. The number of Topliss-reactive ketones (excluding diaryl/α,β-unsaturated/α-hetero) is 1. The number of carbonyl (C=O) groups is 3. The molecule has 4 saturated heterocycles. The van der Waals surface area contributed by atoms with Crippen LogP contribution in [0, 0.1) is 35.5 Å². The molecule has 1 aromatic carbocycles. The summed E-state index contributed by atoms with van der Waals surface area (Å²) in [6.45, 7) is 21.4. The number of aliphatic hydroxyl groups excluding tert-OH is 1. The molecule has 0 bridgehead atoms. The fourth-order valence-corrected chi connectivity index (χ4v) is 8.41. The first-order valence-corrected chi connectivity index (χ1v) is 19.7. The fourth-order valence-electron chi connectivity index (χ4n) is 8.41. The number of hydrogen-bond donors (Lipinski definition) is 2. The topological polar surface area (TPSA) is 175 Å². The van der Waals surface area contributed by atoms with Gasteiger partial charge in [-0.25, -0.2) is 4.79 Å². The zero-order valence-corrected chi connectivity index (χ0v) is 34.1. The van der Waals surface area contributed by atoms with E-state index in [4.69, 9.17) is 42.6 Å². The van der Waals surface area contributed by atoms with Gasteiger partial charge in [0, 0.05) is 24.7 Å². The molecule has 310 valence electrons. The molecule has 0 radical (unpaired) electrons. The summed E-state index contributed by atoms with van der Waals surface area (Å²) in [5.74, 6) is -2.04. The summed E-state index contributed by atoms with van der Waals surface area (Å²) >= 11 is 0. The molecule has 2 N–H and O–H groups in total. The lowest BCUT2D eigenvalue weighted by Gasteiger charge is -2.51. The van der Waals surface area contributed by atoms with E-state index in [1.807, 2.05) is 48.5 Å². The minimum Gasteiger partial charge on any atom is -0.456 e. The van der Waals surface area contributed by atoms with Crippen LogP contribution < -0.4 is 4.74 Å². The summed E-state index contributed by atoms with van der Waals surface area (Å²) in [6.07, 6.45) is -10.8. The van der Waals surface area contributed by atoms with Gasteiger partial charge in [-0.05, 0) is 64.5 Å². The Hall–Kier alpha value is -2.53. The predicted octanol–water partition coefficient (Wildman–Crippen LogP) is 4.20. The molecule has 4 aliphatic rings. The Labute approximate surface area is 324 Å². The number of ether oxygens (including phenoxy) is 9. The Morgan fingerprint density at radius 3 is 1.75 bits per heavy atom. The van der Waals surface area contributed by atoms with E-state index in [0.29, 0.717) is 0 Å². The van der Waals surface area contributed by atoms with E-state index in [1.54, 1.807) is 37.3 Å². The van der Waals surface area contributed by atoms with Crippen LogP contribution in [-0.2, 0) is 52.3 Å². The zero-order chi connectivity index (χ0) is 40.7. The van der Waals surface area contributed by atoms with Crippen LogP contribution in [0.4, 0.5) is 0 Å². The second-order valence-corrected chi connectivity index (χ2v) is 16.6. The lowest BCUT2D eigenvalue weighted by atomic mass is 9.78. The normalized spacial score (nSPS) is 46.4. The molecule has 0 aromatic heterocycles. The molecule has 55 heavy (non-hydrogen) atoms. The molecule has 0 aliphatic carbocycles. The first-order valence-electron chi connectivity index (χ1n) is 19.7. The number of hydrogen-bond acceptors (Lipinski definition) is 14. The molecule has 4 fully saturated rings. The Morgan fingerprint density at radius 1 is 0.636 bits per heavy atom. The molecule has 14 heteroatoms. The molecule has 4 aliphatic heterocycles. The van der Waals surface area contributed by atoms with E-state index in [2.05, 4.69) is 6.92 Å². The molecule has 1 aromatic rings. The summed E-state index contributed by atoms with van der Waals surface area (Å²) in [7, 11) is 0. The number of rotatable bonds is 10. The van der Waals surface area contributed by atoms with Crippen LogP contribution in [0.3, 0.4) is 0 Å². The third kappa shape index (κ3) is 9.13. The minimum absolute atomic E-state index is 0.0109. The van der Waals surface area contributed by atoms with E-state index < -0.39 is 103 Å². The molecular weight excluding hydrogens is 716 g/mol. The second-order valence-electron chi connectivity index (χ2n) is 16.6. The Balaban J connectivity index is 1.24.